The van der Waals surface area contributed by atoms with E-state index in [2.05, 4.69) is 26.1 Å². The third-order valence-electron chi connectivity index (χ3n) is 5.50. The van der Waals surface area contributed by atoms with Gasteiger partial charge in [0.2, 0.25) is 0 Å². The fourth-order valence-corrected chi connectivity index (χ4v) is 7.98. The van der Waals surface area contributed by atoms with Gasteiger partial charge in [0.15, 0.2) is 4.67 Å². The minimum Gasteiger partial charge on any atom is -0.334 e. The lowest BCUT2D eigenvalue weighted by Crippen LogP contribution is -1.90. The lowest BCUT2D eigenvalue weighted by molar-refractivity contribution is 0.347. The maximum atomic E-state index is 5.95. The van der Waals surface area contributed by atoms with Crippen molar-refractivity contribution >= 4 is 40.1 Å². The van der Waals surface area contributed by atoms with Crippen LogP contribution in [0, 0.1) is 0 Å². The Hall–Kier alpha value is 1.31. The maximum absolute atomic E-state index is 5.95. The molecule has 0 radical (unpaired) electrons. The van der Waals surface area contributed by atoms with Crippen LogP contribution in [-0.2, 0) is 16.3 Å². The van der Waals surface area contributed by atoms with Gasteiger partial charge in [0.25, 0.3) is 0 Å². The molecule has 1 nitrogen and oxygen atoms in total. The van der Waals surface area contributed by atoms with Crippen molar-refractivity contribution in [3.05, 3.63) is 0 Å². The lowest BCUT2D eigenvalue weighted by Gasteiger charge is -2.15. The number of hydrogen-bond donors (Lipinski definition) is 1. The molecule has 176 valence electrons. The Morgan fingerprint density at radius 1 is 0.586 bits per heavy atom. The Labute approximate surface area is 198 Å². The van der Waals surface area contributed by atoms with Crippen LogP contribution in [0.3, 0.4) is 0 Å². The SMILES string of the molecule is CCCCCCCCCCCCOP(=S)(S)SCCCCCCCCCCCC. The van der Waals surface area contributed by atoms with Crippen LogP contribution < -0.4 is 0 Å². The fraction of sp³-hybridized carbons (Fsp3) is 1.00. The van der Waals surface area contributed by atoms with E-state index in [4.69, 9.17) is 16.3 Å². The number of hydrogen-bond acceptors (Lipinski definition) is 3. The van der Waals surface area contributed by atoms with Crippen molar-refractivity contribution in [3.63, 3.8) is 0 Å². The second kappa shape index (κ2) is 24.0. The molecule has 5 heteroatoms. The highest BCUT2D eigenvalue weighted by atomic mass is 33.2. The van der Waals surface area contributed by atoms with Crippen LogP contribution in [0.15, 0.2) is 0 Å². The van der Waals surface area contributed by atoms with Crippen molar-refractivity contribution in [2.75, 3.05) is 12.4 Å². The first-order valence-electron chi connectivity index (χ1n) is 12.7. The van der Waals surface area contributed by atoms with Gasteiger partial charge in [-0.05, 0) is 24.6 Å². The van der Waals surface area contributed by atoms with Gasteiger partial charge in [-0.2, -0.15) is 0 Å². The average molecular weight is 483 g/mol. The molecule has 1 atom stereocenters. The number of unbranched alkanes of at least 4 members (excludes halogenated alkanes) is 18. The summed E-state index contributed by atoms with van der Waals surface area (Å²) in [6, 6.07) is 0. The van der Waals surface area contributed by atoms with Gasteiger partial charge in [-0.1, -0.05) is 141 Å². The van der Waals surface area contributed by atoms with E-state index in [-0.39, 0.29) is 0 Å². The molecule has 0 aliphatic heterocycles. The molecular formula is C24H51OPS3. The predicted molar refractivity (Wildman–Crippen MR) is 145 cm³/mol. The van der Waals surface area contributed by atoms with E-state index in [1.165, 1.54) is 122 Å². The quantitative estimate of drug-likeness (QED) is 0.0832. The van der Waals surface area contributed by atoms with Crippen molar-refractivity contribution < 1.29 is 4.52 Å². The molecule has 0 aromatic rings. The lowest BCUT2D eigenvalue weighted by atomic mass is 10.1. The van der Waals surface area contributed by atoms with E-state index < -0.39 is 4.67 Å². The predicted octanol–water partition coefficient (Wildman–Crippen LogP) is 10.7. The number of rotatable bonds is 24. The number of thiol groups is 1. The molecule has 0 aromatic carbocycles. The molecule has 0 spiro atoms. The standard InChI is InChI=1S/C24H51OPS3/c1-3-5-7-9-11-13-15-17-19-21-23-25-26(27,28)29-24-22-20-18-16-14-12-10-8-6-4-2/h3-24H2,1-2H3,(H,27,28). The first-order chi connectivity index (χ1) is 14.1. The summed E-state index contributed by atoms with van der Waals surface area (Å²) in [6.45, 7) is 5.37. The molecule has 0 rings (SSSR count). The zero-order valence-corrected chi connectivity index (χ0v) is 23.1. The summed E-state index contributed by atoms with van der Waals surface area (Å²) in [5.41, 5.74) is 0. The Morgan fingerprint density at radius 3 is 1.34 bits per heavy atom. The van der Waals surface area contributed by atoms with Crippen LogP contribution in [0.1, 0.15) is 142 Å². The molecule has 0 fully saturated rings. The Balaban J connectivity index is 3.31. The summed E-state index contributed by atoms with van der Waals surface area (Å²) in [7, 11) is 0. The van der Waals surface area contributed by atoms with Gasteiger partial charge in [-0.25, -0.2) is 0 Å². The second-order valence-corrected chi connectivity index (χ2v) is 18.2. The maximum Gasteiger partial charge on any atom is 0.171 e. The smallest absolute Gasteiger partial charge is 0.171 e. The molecule has 0 N–H and O–H groups in total. The Morgan fingerprint density at radius 2 is 0.931 bits per heavy atom. The highest BCUT2D eigenvalue weighted by molar-refractivity contribution is 8.95. The van der Waals surface area contributed by atoms with Crippen LogP contribution >= 0.6 is 28.3 Å². The van der Waals surface area contributed by atoms with Gasteiger partial charge in [0.05, 0.1) is 6.61 Å². The summed E-state index contributed by atoms with van der Waals surface area (Å²) >= 11 is 12.1. The first kappa shape index (κ1) is 30.3. The van der Waals surface area contributed by atoms with Crippen LogP contribution in [0.4, 0.5) is 0 Å². The van der Waals surface area contributed by atoms with Crippen molar-refractivity contribution in [1.82, 2.24) is 0 Å². The van der Waals surface area contributed by atoms with Crippen molar-refractivity contribution in [2.45, 2.75) is 142 Å². The fourth-order valence-electron chi connectivity index (χ4n) is 3.58. The molecule has 0 heterocycles. The minimum atomic E-state index is -1.90. The van der Waals surface area contributed by atoms with Crippen LogP contribution in [0.2, 0.25) is 0 Å². The largest absolute Gasteiger partial charge is 0.334 e. The summed E-state index contributed by atoms with van der Waals surface area (Å²) in [5.74, 6) is 1.12. The van der Waals surface area contributed by atoms with E-state index in [0.29, 0.717) is 0 Å². The molecular weight excluding hydrogens is 431 g/mol. The monoisotopic (exact) mass is 482 g/mol. The van der Waals surface area contributed by atoms with Gasteiger partial charge in [-0.15, -0.1) is 12.2 Å². The molecule has 0 saturated carbocycles. The highest BCUT2D eigenvalue weighted by Gasteiger charge is 2.12. The zero-order chi connectivity index (χ0) is 21.5. The Bertz CT molecular complexity index is 336. The molecule has 0 aliphatic rings. The van der Waals surface area contributed by atoms with Gasteiger partial charge >= 0.3 is 0 Å². The molecule has 1 unspecified atom stereocenters. The van der Waals surface area contributed by atoms with Crippen LogP contribution in [-0.4, -0.2) is 12.4 Å². The van der Waals surface area contributed by atoms with Crippen molar-refractivity contribution in [3.8, 4) is 0 Å². The molecule has 0 bridgehead atoms. The minimum absolute atomic E-state index is 0.808. The van der Waals surface area contributed by atoms with Gasteiger partial charge in [0, 0.05) is 5.75 Å². The van der Waals surface area contributed by atoms with E-state index in [1.807, 2.05) is 0 Å². The van der Waals surface area contributed by atoms with E-state index in [0.717, 1.165) is 18.8 Å². The zero-order valence-electron chi connectivity index (χ0n) is 19.7. The topological polar surface area (TPSA) is 9.23 Å². The highest BCUT2D eigenvalue weighted by Crippen LogP contribution is 2.64. The van der Waals surface area contributed by atoms with Gasteiger partial charge < -0.3 is 4.52 Å². The third-order valence-corrected chi connectivity index (χ3v) is 11.3. The van der Waals surface area contributed by atoms with Gasteiger partial charge in [0.1, 0.15) is 0 Å². The Kier molecular flexibility index (Phi) is 25.0. The second-order valence-electron chi connectivity index (χ2n) is 8.50. The molecule has 0 amide bonds. The summed E-state index contributed by atoms with van der Waals surface area (Å²) < 4.78 is 4.04. The first-order valence-corrected chi connectivity index (χ1v) is 18.2. The third kappa shape index (κ3) is 25.4. The molecule has 0 saturated heterocycles. The average Bonchev–Trinajstić information content (AvgIpc) is 2.70. The van der Waals surface area contributed by atoms with Crippen LogP contribution in [0.25, 0.3) is 0 Å². The summed E-state index contributed by atoms with van der Waals surface area (Å²) in [4.78, 5) is 0. The normalized spacial score (nSPS) is 13.6. The van der Waals surface area contributed by atoms with Gasteiger partial charge in [-0.3, -0.25) is 0 Å². The van der Waals surface area contributed by atoms with E-state index in [1.54, 1.807) is 11.4 Å². The van der Waals surface area contributed by atoms with Crippen molar-refractivity contribution in [2.24, 2.45) is 0 Å². The van der Waals surface area contributed by atoms with Crippen molar-refractivity contribution in [1.29, 1.82) is 0 Å². The van der Waals surface area contributed by atoms with E-state index >= 15 is 0 Å². The van der Waals surface area contributed by atoms with Crippen LogP contribution in [0.5, 0.6) is 0 Å². The van der Waals surface area contributed by atoms with E-state index in [9.17, 15) is 0 Å². The molecule has 0 aromatic heterocycles. The summed E-state index contributed by atoms with van der Waals surface area (Å²) in [5, 5.41) is 0. The summed E-state index contributed by atoms with van der Waals surface area (Å²) in [6.07, 6.45) is 27.4. The molecule has 29 heavy (non-hydrogen) atoms. The molecule has 0 aliphatic carbocycles.